The Morgan fingerprint density at radius 1 is 1.25 bits per heavy atom. The van der Waals surface area contributed by atoms with E-state index in [2.05, 4.69) is 0 Å². The number of fused-ring (bicyclic) bond motifs is 1. The van der Waals surface area contributed by atoms with Crippen molar-refractivity contribution in [1.82, 2.24) is 9.47 Å². The van der Waals surface area contributed by atoms with E-state index in [1.807, 2.05) is 35.0 Å². The highest BCUT2D eigenvalue weighted by atomic mass is 16.6. The molecule has 1 aromatic heterocycles. The summed E-state index contributed by atoms with van der Waals surface area (Å²) >= 11 is 0. The van der Waals surface area contributed by atoms with Crippen molar-refractivity contribution in [2.75, 3.05) is 13.7 Å². The smallest absolute Gasteiger partial charge is 0.417 e. The molecule has 0 aliphatic carbocycles. The Kier molecular flexibility index (Phi) is 3.99. The van der Waals surface area contributed by atoms with Crippen LogP contribution in [0.4, 0.5) is 4.79 Å². The van der Waals surface area contributed by atoms with Gasteiger partial charge in [-0.2, -0.15) is 0 Å². The Hall–Kier alpha value is -2.50. The highest BCUT2D eigenvalue weighted by Gasteiger charge is 2.37. The van der Waals surface area contributed by atoms with E-state index < -0.39 is 11.7 Å². The highest BCUT2D eigenvalue weighted by Crippen LogP contribution is 2.30. The van der Waals surface area contributed by atoms with Gasteiger partial charge in [0.2, 0.25) is 5.91 Å². The molecule has 0 N–H and O–H groups in total. The Labute approximate surface area is 140 Å². The first-order chi connectivity index (χ1) is 11.3. The van der Waals surface area contributed by atoms with Gasteiger partial charge in [-0.25, -0.2) is 9.69 Å². The minimum absolute atomic E-state index is 0.0871. The molecule has 1 atom stereocenters. The van der Waals surface area contributed by atoms with Gasteiger partial charge >= 0.3 is 6.09 Å². The van der Waals surface area contributed by atoms with E-state index >= 15 is 0 Å². The average molecular weight is 330 g/mol. The summed E-state index contributed by atoms with van der Waals surface area (Å²) in [5, 5.41) is 1.04. The van der Waals surface area contributed by atoms with Gasteiger partial charge in [0.25, 0.3) is 0 Å². The van der Waals surface area contributed by atoms with E-state index in [0.717, 1.165) is 16.7 Å². The van der Waals surface area contributed by atoms with E-state index in [4.69, 9.17) is 9.47 Å². The number of benzene rings is 1. The summed E-state index contributed by atoms with van der Waals surface area (Å²) in [5.41, 5.74) is 0.395. The van der Waals surface area contributed by atoms with Gasteiger partial charge in [0.05, 0.1) is 19.7 Å². The molecule has 1 aromatic carbocycles. The first kappa shape index (κ1) is 16.4. The van der Waals surface area contributed by atoms with Gasteiger partial charge in [-0.15, -0.1) is 0 Å². The van der Waals surface area contributed by atoms with Crippen LogP contribution in [0.15, 0.2) is 30.5 Å². The average Bonchev–Trinajstić information content (AvgIpc) is 3.07. The third kappa shape index (κ3) is 3.09. The molecule has 2 heterocycles. The highest BCUT2D eigenvalue weighted by molar-refractivity contribution is 5.94. The van der Waals surface area contributed by atoms with Crippen molar-refractivity contribution in [2.24, 2.45) is 0 Å². The lowest BCUT2D eigenvalue weighted by molar-refractivity contribution is -0.127. The Bertz CT molecular complexity index is 788. The van der Waals surface area contributed by atoms with Gasteiger partial charge in [-0.3, -0.25) is 4.79 Å². The molecule has 2 amide bonds. The van der Waals surface area contributed by atoms with Crippen LogP contribution in [-0.2, 0) is 9.53 Å². The van der Waals surface area contributed by atoms with Crippen LogP contribution in [0.3, 0.4) is 0 Å². The lowest BCUT2D eigenvalue weighted by Crippen LogP contribution is -2.37. The molecule has 1 unspecified atom stereocenters. The van der Waals surface area contributed by atoms with Crippen LogP contribution in [0.25, 0.3) is 10.9 Å². The van der Waals surface area contributed by atoms with Gasteiger partial charge < -0.3 is 14.0 Å². The molecule has 1 saturated heterocycles. The van der Waals surface area contributed by atoms with Gasteiger partial charge in [0.15, 0.2) is 0 Å². The van der Waals surface area contributed by atoms with Gasteiger partial charge in [0.1, 0.15) is 11.4 Å². The number of rotatable bonds is 2. The second-order valence-corrected chi connectivity index (χ2v) is 6.99. The van der Waals surface area contributed by atoms with E-state index in [-0.39, 0.29) is 18.4 Å². The number of aromatic nitrogens is 1. The number of carbonyl (C=O) groups excluding carboxylic acids is 2. The van der Waals surface area contributed by atoms with E-state index in [1.54, 1.807) is 27.9 Å². The van der Waals surface area contributed by atoms with Crippen LogP contribution in [0.1, 0.15) is 33.2 Å². The van der Waals surface area contributed by atoms with Crippen molar-refractivity contribution in [3.63, 3.8) is 0 Å². The Morgan fingerprint density at radius 2 is 2.00 bits per heavy atom. The topological polar surface area (TPSA) is 60.8 Å². The largest absolute Gasteiger partial charge is 0.497 e. The zero-order chi connectivity index (χ0) is 17.5. The Balaban J connectivity index is 1.82. The minimum atomic E-state index is -0.619. The number of ether oxygens (including phenoxy) is 2. The van der Waals surface area contributed by atoms with Crippen molar-refractivity contribution in [2.45, 2.75) is 38.8 Å². The van der Waals surface area contributed by atoms with Crippen LogP contribution in [0, 0.1) is 0 Å². The number of nitrogens with zero attached hydrogens (tertiary/aromatic N) is 2. The van der Waals surface area contributed by atoms with E-state index in [1.165, 1.54) is 4.90 Å². The normalized spacial score (nSPS) is 18.2. The number of hydrogen-bond donors (Lipinski definition) is 0. The second kappa shape index (κ2) is 5.85. The van der Waals surface area contributed by atoms with Crippen molar-refractivity contribution < 1.29 is 19.1 Å². The molecule has 3 rings (SSSR count). The van der Waals surface area contributed by atoms with Gasteiger partial charge in [-0.1, -0.05) is 0 Å². The third-order valence-electron chi connectivity index (χ3n) is 4.04. The summed E-state index contributed by atoms with van der Waals surface area (Å²) in [4.78, 5) is 25.6. The molecular weight excluding hydrogens is 308 g/mol. The molecule has 1 aliphatic heterocycles. The molecule has 2 aromatic rings. The van der Waals surface area contributed by atoms with Crippen molar-refractivity contribution in [3.8, 4) is 5.75 Å². The molecule has 0 saturated carbocycles. The zero-order valence-corrected chi connectivity index (χ0v) is 14.4. The molecular formula is C18H22N2O4. The zero-order valence-electron chi connectivity index (χ0n) is 14.4. The Morgan fingerprint density at radius 3 is 2.67 bits per heavy atom. The van der Waals surface area contributed by atoms with Crippen molar-refractivity contribution >= 4 is 22.9 Å². The molecule has 128 valence electrons. The predicted molar refractivity (Wildman–Crippen MR) is 90.1 cm³/mol. The fourth-order valence-corrected chi connectivity index (χ4v) is 2.96. The quantitative estimate of drug-likeness (QED) is 0.847. The second-order valence-electron chi connectivity index (χ2n) is 6.99. The maximum absolute atomic E-state index is 12.2. The first-order valence-corrected chi connectivity index (χ1v) is 7.96. The van der Waals surface area contributed by atoms with Crippen LogP contribution in [0.5, 0.6) is 5.75 Å². The fraction of sp³-hybridized carbons (Fsp3) is 0.444. The summed E-state index contributed by atoms with van der Waals surface area (Å²) in [6.45, 7) is 5.69. The summed E-state index contributed by atoms with van der Waals surface area (Å²) in [6, 6.07) is 7.71. The summed E-state index contributed by atoms with van der Waals surface area (Å²) < 4.78 is 12.6. The van der Waals surface area contributed by atoms with Crippen LogP contribution < -0.4 is 4.74 Å². The maximum Gasteiger partial charge on any atom is 0.417 e. The molecule has 24 heavy (non-hydrogen) atoms. The number of carbonyl (C=O) groups is 2. The molecule has 1 fully saturated rings. The summed E-state index contributed by atoms with van der Waals surface area (Å²) in [7, 11) is 1.63. The predicted octanol–water partition coefficient (Wildman–Crippen LogP) is 3.36. The van der Waals surface area contributed by atoms with E-state index in [0.29, 0.717) is 6.54 Å². The fourth-order valence-electron chi connectivity index (χ4n) is 2.96. The molecule has 0 spiro atoms. The van der Waals surface area contributed by atoms with Crippen LogP contribution >= 0.6 is 0 Å². The number of imide groups is 1. The molecule has 6 nitrogen and oxygen atoms in total. The van der Waals surface area contributed by atoms with E-state index in [9.17, 15) is 9.59 Å². The molecule has 6 heteroatoms. The standard InChI is InChI=1S/C18H22N2O4/c1-18(2,3)24-17(22)20-11-13(10-16(20)21)19-8-7-12-9-14(23-4)5-6-15(12)19/h5-9,13H,10-11H2,1-4H3. The number of methoxy groups -OCH3 is 1. The summed E-state index contributed by atoms with van der Waals surface area (Å²) in [6.07, 6.45) is 1.66. The minimum Gasteiger partial charge on any atom is -0.497 e. The number of amides is 2. The van der Waals surface area contributed by atoms with Crippen molar-refractivity contribution in [1.29, 1.82) is 0 Å². The monoisotopic (exact) mass is 330 g/mol. The summed E-state index contributed by atoms with van der Waals surface area (Å²) in [5.74, 6) is 0.586. The number of hydrogen-bond acceptors (Lipinski definition) is 4. The van der Waals surface area contributed by atoms with Crippen LogP contribution in [0.2, 0.25) is 0 Å². The lowest BCUT2D eigenvalue weighted by Gasteiger charge is -2.23. The maximum atomic E-state index is 12.2. The first-order valence-electron chi connectivity index (χ1n) is 7.96. The number of likely N-dealkylation sites (tertiary alicyclic amines) is 1. The van der Waals surface area contributed by atoms with Gasteiger partial charge in [-0.05, 0) is 45.0 Å². The molecule has 0 bridgehead atoms. The van der Waals surface area contributed by atoms with Crippen LogP contribution in [-0.4, -0.2) is 40.7 Å². The third-order valence-corrected chi connectivity index (χ3v) is 4.04. The molecule has 0 radical (unpaired) electrons. The van der Waals surface area contributed by atoms with Crippen molar-refractivity contribution in [3.05, 3.63) is 30.5 Å². The van der Waals surface area contributed by atoms with Gasteiger partial charge in [0, 0.05) is 23.5 Å². The lowest BCUT2D eigenvalue weighted by atomic mass is 10.2. The molecule has 1 aliphatic rings. The SMILES string of the molecule is COc1ccc2c(ccn2C2CC(=O)N(C(=O)OC(C)(C)C)C2)c1.